The van der Waals surface area contributed by atoms with Gasteiger partial charge in [0.25, 0.3) is 5.91 Å². The molecule has 0 aliphatic carbocycles. The second-order valence-electron chi connectivity index (χ2n) is 6.45. The first kappa shape index (κ1) is 16.9. The summed E-state index contributed by atoms with van der Waals surface area (Å²) in [7, 11) is 0. The molecule has 132 valence electrons. The van der Waals surface area contributed by atoms with E-state index in [0.29, 0.717) is 16.3 Å². The summed E-state index contributed by atoms with van der Waals surface area (Å²) in [5, 5.41) is 10.3. The summed E-state index contributed by atoms with van der Waals surface area (Å²) in [6.45, 7) is 2.65. The molecule has 0 fully saturated rings. The van der Waals surface area contributed by atoms with Crippen molar-refractivity contribution in [1.82, 2.24) is 15.1 Å². The zero-order chi connectivity index (χ0) is 17.9. The Morgan fingerprint density at radius 3 is 2.73 bits per heavy atom. The number of carbonyl (C=O) groups excluding carboxylic acids is 1. The third-order valence-corrected chi connectivity index (χ3v) is 5.03. The molecule has 2 aromatic carbocycles. The van der Waals surface area contributed by atoms with E-state index in [1.165, 1.54) is 5.56 Å². The third-order valence-electron chi connectivity index (χ3n) is 4.64. The predicted octanol–water partition coefficient (Wildman–Crippen LogP) is 3.51. The van der Waals surface area contributed by atoms with Gasteiger partial charge in [0.05, 0.1) is 11.3 Å². The van der Waals surface area contributed by atoms with E-state index in [9.17, 15) is 4.79 Å². The molecule has 0 bridgehead atoms. The number of benzene rings is 2. The minimum Gasteiger partial charge on any atom is -0.305 e. The predicted molar refractivity (Wildman–Crippen MR) is 104 cm³/mol. The molecule has 0 spiro atoms. The van der Waals surface area contributed by atoms with Gasteiger partial charge in [0, 0.05) is 30.1 Å². The fourth-order valence-electron chi connectivity index (χ4n) is 3.29. The van der Waals surface area contributed by atoms with Crippen LogP contribution in [0.5, 0.6) is 0 Å². The second-order valence-corrected chi connectivity index (χ2v) is 6.93. The van der Waals surface area contributed by atoms with Gasteiger partial charge in [-0.1, -0.05) is 42.5 Å². The molecule has 4 rings (SSSR count). The number of aromatic nitrogens is 2. The lowest BCUT2D eigenvalue weighted by molar-refractivity contribution is 0.102. The van der Waals surface area contributed by atoms with E-state index in [1.54, 1.807) is 12.1 Å². The molecular formula is C20H20N4OS. The van der Waals surface area contributed by atoms with Gasteiger partial charge in [-0.2, -0.15) is 5.10 Å². The fourth-order valence-corrected chi connectivity index (χ4v) is 3.56. The summed E-state index contributed by atoms with van der Waals surface area (Å²) < 4.78 is 0. The summed E-state index contributed by atoms with van der Waals surface area (Å²) in [6.07, 6.45) is 0.858. The smallest absolute Gasteiger partial charge is 0.257 e. The number of hydrogen-bond donors (Lipinski definition) is 3. The van der Waals surface area contributed by atoms with Crippen LogP contribution in [0.2, 0.25) is 0 Å². The zero-order valence-corrected chi connectivity index (χ0v) is 15.2. The minimum atomic E-state index is -0.184. The highest BCUT2D eigenvalue weighted by Crippen LogP contribution is 2.25. The van der Waals surface area contributed by atoms with Crippen molar-refractivity contribution in [3.63, 3.8) is 0 Å². The maximum absolute atomic E-state index is 12.5. The number of amides is 1. The van der Waals surface area contributed by atoms with Gasteiger partial charge in [-0.25, -0.2) is 0 Å². The number of nitrogens with zero attached hydrogens (tertiary/aromatic N) is 2. The van der Waals surface area contributed by atoms with Crippen LogP contribution >= 0.6 is 12.6 Å². The highest BCUT2D eigenvalue weighted by molar-refractivity contribution is 7.80. The quantitative estimate of drug-likeness (QED) is 0.621. The number of rotatable bonds is 4. The summed E-state index contributed by atoms with van der Waals surface area (Å²) in [5.41, 5.74) is 4.02. The van der Waals surface area contributed by atoms with Crippen LogP contribution in [0.4, 0.5) is 5.82 Å². The lowest BCUT2D eigenvalue weighted by Gasteiger charge is -2.26. The molecule has 1 aliphatic rings. The second kappa shape index (κ2) is 7.35. The molecule has 0 saturated heterocycles. The molecule has 5 nitrogen and oxygen atoms in total. The lowest BCUT2D eigenvalue weighted by atomic mass is 10.1. The minimum absolute atomic E-state index is 0.184. The number of carbonyl (C=O) groups is 1. The zero-order valence-electron chi connectivity index (χ0n) is 14.3. The van der Waals surface area contributed by atoms with Crippen molar-refractivity contribution in [3.8, 4) is 0 Å². The van der Waals surface area contributed by atoms with Gasteiger partial charge >= 0.3 is 0 Å². The topological polar surface area (TPSA) is 61.0 Å². The maximum atomic E-state index is 12.5. The van der Waals surface area contributed by atoms with Crippen molar-refractivity contribution < 1.29 is 4.79 Å². The van der Waals surface area contributed by atoms with Gasteiger partial charge < -0.3 is 5.32 Å². The molecule has 0 radical (unpaired) electrons. The molecule has 0 unspecified atom stereocenters. The largest absolute Gasteiger partial charge is 0.305 e. The van der Waals surface area contributed by atoms with Crippen molar-refractivity contribution >= 4 is 24.4 Å². The number of H-pyrrole nitrogens is 1. The Hall–Kier alpha value is -2.57. The summed E-state index contributed by atoms with van der Waals surface area (Å²) in [5.74, 6) is 0.442. The first-order valence-electron chi connectivity index (χ1n) is 8.62. The van der Waals surface area contributed by atoms with Gasteiger partial charge in [0.1, 0.15) is 0 Å². The molecule has 2 heterocycles. The lowest BCUT2D eigenvalue weighted by Crippen LogP contribution is -2.30. The molecule has 26 heavy (non-hydrogen) atoms. The summed E-state index contributed by atoms with van der Waals surface area (Å²) in [4.78, 5) is 15.5. The Morgan fingerprint density at radius 2 is 1.92 bits per heavy atom. The summed E-state index contributed by atoms with van der Waals surface area (Å²) in [6, 6.07) is 17.7. The van der Waals surface area contributed by atoms with Crippen LogP contribution in [0.25, 0.3) is 0 Å². The van der Waals surface area contributed by atoms with E-state index in [2.05, 4.69) is 57.3 Å². The molecule has 6 heteroatoms. The van der Waals surface area contributed by atoms with E-state index >= 15 is 0 Å². The van der Waals surface area contributed by atoms with Crippen LogP contribution in [0.1, 0.15) is 27.2 Å². The van der Waals surface area contributed by atoms with Crippen molar-refractivity contribution in [1.29, 1.82) is 0 Å². The molecule has 3 aromatic rings. The molecule has 2 N–H and O–H groups in total. The van der Waals surface area contributed by atoms with Gasteiger partial charge in [0.15, 0.2) is 5.82 Å². The Bertz CT molecular complexity index is 923. The van der Waals surface area contributed by atoms with E-state index < -0.39 is 0 Å². The van der Waals surface area contributed by atoms with Crippen LogP contribution in [-0.2, 0) is 19.5 Å². The van der Waals surface area contributed by atoms with Crippen LogP contribution < -0.4 is 5.32 Å². The maximum Gasteiger partial charge on any atom is 0.257 e. The molecule has 1 aromatic heterocycles. The number of hydrogen-bond acceptors (Lipinski definition) is 4. The third kappa shape index (κ3) is 3.52. The van der Waals surface area contributed by atoms with Crippen molar-refractivity contribution in [2.75, 3.05) is 11.9 Å². The number of aromatic amines is 1. The average molecular weight is 364 g/mol. The van der Waals surface area contributed by atoms with E-state index in [0.717, 1.165) is 37.3 Å². The Morgan fingerprint density at radius 1 is 1.15 bits per heavy atom. The SMILES string of the molecule is O=C(Nc1n[nH]c2c1CCN(Cc1ccccc1)C2)c1ccccc1S. The molecule has 0 saturated carbocycles. The number of fused-ring (bicyclic) bond motifs is 1. The standard InChI is InChI=1S/C20H20N4OS/c25-20(16-8-4-5-9-18(16)26)21-19-15-10-11-24(13-17(15)22-23-19)12-14-6-2-1-3-7-14/h1-9,26H,10-13H2,(H2,21,22,23,25). The highest BCUT2D eigenvalue weighted by Gasteiger charge is 2.23. The van der Waals surface area contributed by atoms with E-state index in [-0.39, 0.29) is 5.91 Å². The molecule has 1 amide bonds. The Labute approximate surface area is 157 Å². The molecule has 1 aliphatic heterocycles. The number of anilines is 1. The van der Waals surface area contributed by atoms with Crippen LogP contribution in [0, 0.1) is 0 Å². The van der Waals surface area contributed by atoms with Gasteiger partial charge in [0.2, 0.25) is 0 Å². The van der Waals surface area contributed by atoms with Crippen molar-refractivity contribution in [2.45, 2.75) is 24.4 Å². The Balaban J connectivity index is 1.46. The van der Waals surface area contributed by atoms with Crippen molar-refractivity contribution in [2.24, 2.45) is 0 Å². The molecule has 0 atom stereocenters. The van der Waals surface area contributed by atoms with Crippen LogP contribution in [0.15, 0.2) is 59.5 Å². The van der Waals surface area contributed by atoms with Gasteiger partial charge in [-0.3, -0.25) is 14.8 Å². The average Bonchev–Trinajstić information content (AvgIpc) is 3.05. The first-order valence-corrected chi connectivity index (χ1v) is 9.07. The van der Waals surface area contributed by atoms with Crippen molar-refractivity contribution in [3.05, 3.63) is 77.0 Å². The van der Waals surface area contributed by atoms with E-state index in [4.69, 9.17) is 0 Å². The van der Waals surface area contributed by atoms with Gasteiger partial charge in [-0.15, -0.1) is 12.6 Å². The number of thiol groups is 1. The Kier molecular flexibility index (Phi) is 4.77. The summed E-state index contributed by atoms with van der Waals surface area (Å²) >= 11 is 4.35. The van der Waals surface area contributed by atoms with Crippen LogP contribution in [0.3, 0.4) is 0 Å². The first-order chi connectivity index (χ1) is 12.7. The highest BCUT2D eigenvalue weighted by atomic mass is 32.1. The molecular weight excluding hydrogens is 344 g/mol. The van der Waals surface area contributed by atoms with E-state index in [1.807, 2.05) is 18.2 Å². The normalized spacial score (nSPS) is 14.0. The monoisotopic (exact) mass is 364 g/mol. The van der Waals surface area contributed by atoms with Gasteiger partial charge in [-0.05, 0) is 24.1 Å². The van der Waals surface area contributed by atoms with Crippen LogP contribution in [-0.4, -0.2) is 27.5 Å². The fraction of sp³-hybridized carbons (Fsp3) is 0.200. The number of nitrogens with one attached hydrogen (secondary N) is 2.